The molecule has 0 fully saturated rings. The molecule has 0 saturated heterocycles. The van der Waals surface area contributed by atoms with Gasteiger partial charge in [0.2, 0.25) is 0 Å². The predicted molar refractivity (Wildman–Crippen MR) is 69.0 cm³/mol. The molecule has 0 rings (SSSR count). The zero-order chi connectivity index (χ0) is 12.2. The lowest BCUT2D eigenvalue weighted by molar-refractivity contribution is 0.180. The van der Waals surface area contributed by atoms with Crippen molar-refractivity contribution in [2.24, 2.45) is 4.99 Å². The van der Waals surface area contributed by atoms with Crippen LogP contribution in [0, 0.1) is 0 Å². The van der Waals surface area contributed by atoms with Crippen molar-refractivity contribution in [2.45, 2.75) is 13.3 Å². The third-order valence-electron chi connectivity index (χ3n) is 2.24. The van der Waals surface area contributed by atoms with Crippen molar-refractivity contribution in [1.29, 1.82) is 0 Å². The van der Waals surface area contributed by atoms with Crippen molar-refractivity contribution in [3.05, 3.63) is 0 Å². The van der Waals surface area contributed by atoms with E-state index in [4.69, 9.17) is 4.74 Å². The number of nitrogens with zero attached hydrogens (tertiary/aromatic N) is 2. The van der Waals surface area contributed by atoms with Crippen LogP contribution in [-0.4, -0.2) is 64.9 Å². The van der Waals surface area contributed by atoms with Crippen LogP contribution in [0.4, 0.5) is 0 Å². The zero-order valence-electron chi connectivity index (χ0n) is 11.0. The number of rotatable bonds is 8. The lowest BCUT2D eigenvalue weighted by Crippen LogP contribution is -2.40. The van der Waals surface area contributed by atoms with Crippen LogP contribution in [0.3, 0.4) is 0 Å². The summed E-state index contributed by atoms with van der Waals surface area (Å²) in [6.45, 7) is 6.76. The Morgan fingerprint density at radius 3 is 2.62 bits per heavy atom. The lowest BCUT2D eigenvalue weighted by atomic mass is 10.4. The van der Waals surface area contributed by atoms with E-state index in [1.165, 1.54) is 0 Å². The van der Waals surface area contributed by atoms with Gasteiger partial charge in [-0.3, -0.25) is 4.99 Å². The molecular weight excluding hydrogens is 204 g/mol. The Bertz CT molecular complexity index is 185. The molecule has 0 unspecified atom stereocenters. The highest BCUT2D eigenvalue weighted by atomic mass is 16.5. The maximum absolute atomic E-state index is 5.01. The molecule has 0 aromatic heterocycles. The third-order valence-corrected chi connectivity index (χ3v) is 2.24. The first-order valence-electron chi connectivity index (χ1n) is 5.86. The SMILES string of the molecule is CCNC(=NC)NCCN(C)CCCOC. The van der Waals surface area contributed by atoms with Crippen LogP contribution in [0.1, 0.15) is 13.3 Å². The van der Waals surface area contributed by atoms with Crippen molar-refractivity contribution in [3.63, 3.8) is 0 Å². The summed E-state index contributed by atoms with van der Waals surface area (Å²) in [6.07, 6.45) is 1.08. The van der Waals surface area contributed by atoms with Gasteiger partial charge in [-0.05, 0) is 20.4 Å². The summed E-state index contributed by atoms with van der Waals surface area (Å²) >= 11 is 0. The van der Waals surface area contributed by atoms with Crippen LogP contribution in [0.5, 0.6) is 0 Å². The molecule has 0 aromatic rings. The van der Waals surface area contributed by atoms with Gasteiger partial charge >= 0.3 is 0 Å². The van der Waals surface area contributed by atoms with E-state index in [2.05, 4.69) is 34.5 Å². The topological polar surface area (TPSA) is 48.9 Å². The normalized spacial score (nSPS) is 11.9. The minimum Gasteiger partial charge on any atom is -0.385 e. The van der Waals surface area contributed by atoms with Crippen LogP contribution < -0.4 is 10.6 Å². The first kappa shape index (κ1) is 15.2. The van der Waals surface area contributed by atoms with E-state index in [9.17, 15) is 0 Å². The van der Waals surface area contributed by atoms with Crippen LogP contribution in [0.2, 0.25) is 0 Å². The maximum Gasteiger partial charge on any atom is 0.191 e. The summed E-state index contributed by atoms with van der Waals surface area (Å²) in [5, 5.41) is 6.42. The van der Waals surface area contributed by atoms with Gasteiger partial charge in [-0.1, -0.05) is 0 Å². The van der Waals surface area contributed by atoms with Crippen molar-refractivity contribution < 1.29 is 4.74 Å². The Balaban J connectivity index is 3.48. The molecule has 0 bridgehead atoms. The molecule has 96 valence electrons. The average Bonchev–Trinajstić information content (AvgIpc) is 2.28. The van der Waals surface area contributed by atoms with Crippen molar-refractivity contribution in [1.82, 2.24) is 15.5 Å². The summed E-state index contributed by atoms with van der Waals surface area (Å²) in [5.41, 5.74) is 0. The second kappa shape index (κ2) is 10.7. The molecule has 0 aliphatic rings. The Hall–Kier alpha value is -0.810. The second-order valence-corrected chi connectivity index (χ2v) is 3.68. The maximum atomic E-state index is 5.01. The van der Waals surface area contributed by atoms with E-state index in [0.717, 1.165) is 45.2 Å². The summed E-state index contributed by atoms with van der Waals surface area (Å²) in [5.74, 6) is 0.868. The predicted octanol–water partition coefficient (Wildman–Crippen LogP) is 0.140. The van der Waals surface area contributed by atoms with Gasteiger partial charge in [0.05, 0.1) is 0 Å². The monoisotopic (exact) mass is 230 g/mol. The molecule has 0 aliphatic heterocycles. The smallest absolute Gasteiger partial charge is 0.191 e. The molecule has 16 heavy (non-hydrogen) atoms. The third kappa shape index (κ3) is 8.49. The van der Waals surface area contributed by atoms with Gasteiger partial charge < -0.3 is 20.3 Å². The molecular formula is C11H26N4O. The molecule has 0 saturated carbocycles. The molecule has 0 heterocycles. The van der Waals surface area contributed by atoms with Crippen molar-refractivity contribution in [2.75, 3.05) is 54.0 Å². The Morgan fingerprint density at radius 2 is 2.06 bits per heavy atom. The molecule has 0 spiro atoms. The summed E-state index contributed by atoms with van der Waals surface area (Å²) < 4.78 is 5.01. The van der Waals surface area contributed by atoms with E-state index in [-0.39, 0.29) is 0 Å². The highest BCUT2D eigenvalue weighted by Gasteiger charge is 1.99. The Labute approximate surface area is 99.3 Å². The minimum atomic E-state index is 0.830. The van der Waals surface area contributed by atoms with E-state index in [1.54, 1.807) is 14.2 Å². The van der Waals surface area contributed by atoms with Gasteiger partial charge in [-0.15, -0.1) is 0 Å². The number of hydrogen-bond donors (Lipinski definition) is 2. The number of likely N-dealkylation sites (N-methyl/N-ethyl adjacent to an activating group) is 1. The van der Waals surface area contributed by atoms with Crippen LogP contribution in [0.15, 0.2) is 4.99 Å². The number of hydrogen-bond acceptors (Lipinski definition) is 3. The number of guanidine groups is 1. The van der Waals surface area contributed by atoms with Gasteiger partial charge in [0.15, 0.2) is 5.96 Å². The lowest BCUT2D eigenvalue weighted by Gasteiger charge is -2.17. The fourth-order valence-electron chi connectivity index (χ4n) is 1.34. The molecule has 2 N–H and O–H groups in total. The molecule has 5 nitrogen and oxygen atoms in total. The van der Waals surface area contributed by atoms with Gasteiger partial charge in [-0.25, -0.2) is 0 Å². The number of nitrogens with one attached hydrogen (secondary N) is 2. The van der Waals surface area contributed by atoms with Crippen LogP contribution in [0.25, 0.3) is 0 Å². The highest BCUT2D eigenvalue weighted by molar-refractivity contribution is 5.79. The van der Waals surface area contributed by atoms with E-state index >= 15 is 0 Å². The minimum absolute atomic E-state index is 0.830. The van der Waals surface area contributed by atoms with Gasteiger partial charge in [0, 0.05) is 46.9 Å². The van der Waals surface area contributed by atoms with E-state index in [0.29, 0.717) is 0 Å². The van der Waals surface area contributed by atoms with Gasteiger partial charge in [0.25, 0.3) is 0 Å². The largest absolute Gasteiger partial charge is 0.385 e. The second-order valence-electron chi connectivity index (χ2n) is 3.68. The van der Waals surface area contributed by atoms with Crippen molar-refractivity contribution in [3.8, 4) is 0 Å². The molecule has 0 amide bonds. The standard InChI is InChI=1S/C11H26N4O/c1-5-13-11(12-2)14-7-9-15(3)8-6-10-16-4/h5-10H2,1-4H3,(H2,12,13,14). The molecule has 5 heteroatoms. The number of ether oxygens (including phenoxy) is 1. The Morgan fingerprint density at radius 1 is 1.31 bits per heavy atom. The quantitative estimate of drug-likeness (QED) is 0.354. The molecule has 0 aliphatic carbocycles. The van der Waals surface area contributed by atoms with Crippen LogP contribution in [-0.2, 0) is 4.74 Å². The molecule has 0 aromatic carbocycles. The average molecular weight is 230 g/mol. The van der Waals surface area contributed by atoms with Gasteiger partial charge in [0.1, 0.15) is 0 Å². The molecule has 0 radical (unpaired) electrons. The summed E-state index contributed by atoms with van der Waals surface area (Å²) in [7, 11) is 5.64. The van der Waals surface area contributed by atoms with E-state index in [1.807, 2.05) is 0 Å². The number of methoxy groups -OCH3 is 1. The number of aliphatic imine (C=N–C) groups is 1. The van der Waals surface area contributed by atoms with E-state index < -0.39 is 0 Å². The first-order chi connectivity index (χ1) is 7.74. The van der Waals surface area contributed by atoms with Crippen LogP contribution >= 0.6 is 0 Å². The summed E-state index contributed by atoms with van der Waals surface area (Å²) in [4.78, 5) is 6.39. The fourth-order valence-corrected chi connectivity index (χ4v) is 1.34. The first-order valence-corrected chi connectivity index (χ1v) is 5.86. The highest BCUT2D eigenvalue weighted by Crippen LogP contribution is 1.86. The molecule has 0 atom stereocenters. The van der Waals surface area contributed by atoms with Gasteiger partial charge in [-0.2, -0.15) is 0 Å². The Kier molecular flexibility index (Phi) is 10.2. The van der Waals surface area contributed by atoms with Crippen molar-refractivity contribution >= 4 is 5.96 Å². The summed E-state index contributed by atoms with van der Waals surface area (Å²) in [6, 6.07) is 0. The zero-order valence-corrected chi connectivity index (χ0v) is 11.0. The fraction of sp³-hybridized carbons (Fsp3) is 0.909.